The summed E-state index contributed by atoms with van der Waals surface area (Å²) in [5.74, 6) is 0.815. The quantitative estimate of drug-likeness (QED) is 0.840. The van der Waals surface area contributed by atoms with Crippen LogP contribution in [0, 0.1) is 3.57 Å². The third-order valence-corrected chi connectivity index (χ3v) is 3.90. The normalized spacial score (nSPS) is 11.2. The molecule has 2 heterocycles. The van der Waals surface area contributed by atoms with Crippen LogP contribution in [0.5, 0.6) is 0 Å². The predicted octanol–water partition coefficient (Wildman–Crippen LogP) is 2.77. The van der Waals surface area contributed by atoms with Crippen molar-refractivity contribution in [3.8, 4) is 11.5 Å². The molecule has 0 bridgehead atoms. The minimum absolute atomic E-state index is 0.0847. The first kappa shape index (κ1) is 14.2. The Morgan fingerprint density at radius 1 is 1.47 bits per heavy atom. The molecule has 19 heavy (non-hydrogen) atoms. The molecule has 102 valence electrons. The Labute approximate surface area is 125 Å². The van der Waals surface area contributed by atoms with Crippen LogP contribution >= 0.6 is 22.6 Å². The summed E-state index contributed by atoms with van der Waals surface area (Å²) in [4.78, 5) is 23.6. The smallest absolute Gasteiger partial charge is 0.264 e. The van der Waals surface area contributed by atoms with Crippen LogP contribution in [0.25, 0.3) is 11.5 Å². The van der Waals surface area contributed by atoms with Gasteiger partial charge in [-0.1, -0.05) is 20.8 Å². The number of hydrogen-bond acceptors (Lipinski definition) is 3. The second-order valence-corrected chi connectivity index (χ2v) is 5.82. The maximum Gasteiger partial charge on any atom is 0.264 e. The summed E-state index contributed by atoms with van der Waals surface area (Å²) in [6.07, 6.45) is 4.52. The minimum Gasteiger partial charge on any atom is -0.328 e. The summed E-state index contributed by atoms with van der Waals surface area (Å²) < 4.78 is 2.67. The molecule has 0 spiro atoms. The Morgan fingerprint density at radius 2 is 2.21 bits per heavy atom. The van der Waals surface area contributed by atoms with E-state index in [9.17, 15) is 4.79 Å². The van der Waals surface area contributed by atoms with Crippen molar-refractivity contribution in [1.29, 1.82) is 0 Å². The number of halogens is 1. The topological polar surface area (TPSA) is 63.6 Å². The van der Waals surface area contributed by atoms with Crippen LogP contribution in [0.3, 0.4) is 0 Å². The molecule has 0 fully saturated rings. The van der Waals surface area contributed by atoms with Crippen LogP contribution in [-0.2, 0) is 6.54 Å². The molecular formula is C13H17IN4O. The van der Waals surface area contributed by atoms with E-state index < -0.39 is 0 Å². The first-order valence-electron chi connectivity index (χ1n) is 6.34. The Hall–Kier alpha value is -1.18. The Balaban J connectivity index is 2.57. The van der Waals surface area contributed by atoms with Gasteiger partial charge < -0.3 is 9.55 Å². The maximum atomic E-state index is 12.0. The lowest BCUT2D eigenvalue weighted by Crippen LogP contribution is -2.18. The van der Waals surface area contributed by atoms with E-state index >= 15 is 0 Å². The number of nitrogens with zero attached hydrogens (tertiary/aromatic N) is 3. The molecule has 0 unspecified atom stereocenters. The van der Waals surface area contributed by atoms with Crippen LogP contribution in [0.1, 0.15) is 38.8 Å². The highest BCUT2D eigenvalue weighted by molar-refractivity contribution is 14.1. The molecule has 0 aliphatic heterocycles. The third-order valence-electron chi connectivity index (χ3n) is 2.85. The molecule has 0 aliphatic carbocycles. The molecular weight excluding hydrogens is 355 g/mol. The number of imidazole rings is 1. The average molecular weight is 372 g/mol. The first-order chi connectivity index (χ1) is 9.04. The molecule has 0 atom stereocenters. The van der Waals surface area contributed by atoms with Gasteiger partial charge in [-0.3, -0.25) is 4.79 Å². The van der Waals surface area contributed by atoms with Gasteiger partial charge in [-0.15, -0.1) is 0 Å². The van der Waals surface area contributed by atoms with Crippen molar-refractivity contribution in [2.75, 3.05) is 0 Å². The summed E-state index contributed by atoms with van der Waals surface area (Å²) >= 11 is 2.05. The van der Waals surface area contributed by atoms with E-state index in [0.717, 1.165) is 24.4 Å². The lowest BCUT2D eigenvalue weighted by molar-refractivity contribution is 0.679. The van der Waals surface area contributed by atoms with E-state index in [0.29, 0.717) is 9.39 Å². The van der Waals surface area contributed by atoms with Crippen molar-refractivity contribution in [3.05, 3.63) is 32.1 Å². The van der Waals surface area contributed by atoms with Crippen molar-refractivity contribution in [3.63, 3.8) is 0 Å². The van der Waals surface area contributed by atoms with Crippen LogP contribution in [-0.4, -0.2) is 19.5 Å². The summed E-state index contributed by atoms with van der Waals surface area (Å²) in [7, 11) is 0. The molecule has 0 amide bonds. The molecule has 6 heteroatoms. The highest BCUT2D eigenvalue weighted by Crippen LogP contribution is 2.20. The Kier molecular flexibility index (Phi) is 4.38. The summed E-state index contributed by atoms with van der Waals surface area (Å²) in [6.45, 7) is 7.05. The van der Waals surface area contributed by atoms with Gasteiger partial charge in [0.25, 0.3) is 5.56 Å². The molecule has 0 saturated carbocycles. The molecule has 2 aromatic rings. The van der Waals surface area contributed by atoms with Gasteiger partial charge in [-0.25, -0.2) is 9.97 Å². The predicted molar refractivity (Wildman–Crippen MR) is 83.2 cm³/mol. The molecule has 0 saturated heterocycles. The zero-order valence-electron chi connectivity index (χ0n) is 11.3. The van der Waals surface area contributed by atoms with Crippen molar-refractivity contribution in [1.82, 2.24) is 19.5 Å². The Bertz CT molecular complexity index is 630. The van der Waals surface area contributed by atoms with Crippen molar-refractivity contribution >= 4 is 22.6 Å². The first-order valence-corrected chi connectivity index (χ1v) is 7.42. The zero-order chi connectivity index (χ0) is 14.0. The van der Waals surface area contributed by atoms with Crippen molar-refractivity contribution < 1.29 is 0 Å². The monoisotopic (exact) mass is 372 g/mol. The third kappa shape index (κ3) is 2.88. The standard InChI is InChI=1S/C13H17IN4O/c1-4-5-18-7-15-6-9(18)12-16-11(8(2)3)10(14)13(19)17-12/h6-8H,4-5H2,1-3H3,(H,16,17,19). The number of aromatic amines is 1. The summed E-state index contributed by atoms with van der Waals surface area (Å²) in [6, 6.07) is 0. The minimum atomic E-state index is -0.0847. The lowest BCUT2D eigenvalue weighted by atomic mass is 10.1. The van der Waals surface area contributed by atoms with E-state index in [1.54, 1.807) is 12.5 Å². The zero-order valence-corrected chi connectivity index (χ0v) is 13.4. The van der Waals surface area contributed by atoms with Crippen molar-refractivity contribution in [2.24, 2.45) is 0 Å². The van der Waals surface area contributed by atoms with Crippen LogP contribution in [0.4, 0.5) is 0 Å². The van der Waals surface area contributed by atoms with Gasteiger partial charge in [0.05, 0.1) is 21.8 Å². The van der Waals surface area contributed by atoms with Gasteiger partial charge >= 0.3 is 0 Å². The van der Waals surface area contributed by atoms with E-state index in [1.807, 2.05) is 18.4 Å². The molecule has 0 aliphatic rings. The molecule has 0 aromatic carbocycles. The summed E-state index contributed by atoms with van der Waals surface area (Å²) in [5, 5.41) is 0. The van der Waals surface area contributed by atoms with Crippen LogP contribution in [0.2, 0.25) is 0 Å². The van der Waals surface area contributed by atoms with Gasteiger partial charge in [0, 0.05) is 6.54 Å². The van der Waals surface area contributed by atoms with E-state index in [4.69, 9.17) is 0 Å². The number of H-pyrrole nitrogens is 1. The fraction of sp³-hybridized carbons (Fsp3) is 0.462. The number of aryl methyl sites for hydroxylation is 1. The highest BCUT2D eigenvalue weighted by Gasteiger charge is 2.15. The number of rotatable bonds is 4. The fourth-order valence-electron chi connectivity index (χ4n) is 1.92. The van der Waals surface area contributed by atoms with Crippen molar-refractivity contribution in [2.45, 2.75) is 39.7 Å². The van der Waals surface area contributed by atoms with E-state index in [2.05, 4.69) is 44.5 Å². The largest absolute Gasteiger partial charge is 0.328 e. The SMILES string of the molecule is CCCn1cncc1-c1nc(C(C)C)c(I)c(=O)[nH]1. The number of nitrogens with one attached hydrogen (secondary N) is 1. The molecule has 1 N–H and O–H groups in total. The van der Waals surface area contributed by atoms with E-state index in [-0.39, 0.29) is 11.5 Å². The maximum absolute atomic E-state index is 12.0. The lowest BCUT2D eigenvalue weighted by Gasteiger charge is -2.10. The van der Waals surface area contributed by atoms with Gasteiger partial charge in [0.1, 0.15) is 5.69 Å². The van der Waals surface area contributed by atoms with Gasteiger partial charge in [-0.2, -0.15) is 0 Å². The highest BCUT2D eigenvalue weighted by atomic mass is 127. The fourth-order valence-corrected chi connectivity index (χ4v) is 2.80. The Morgan fingerprint density at radius 3 is 2.84 bits per heavy atom. The number of hydrogen-bond donors (Lipinski definition) is 1. The summed E-state index contributed by atoms with van der Waals surface area (Å²) in [5.41, 5.74) is 1.61. The van der Waals surface area contributed by atoms with Gasteiger partial charge in [-0.05, 0) is 34.9 Å². The second kappa shape index (κ2) is 5.85. The molecule has 2 rings (SSSR count). The number of aromatic nitrogens is 4. The second-order valence-electron chi connectivity index (χ2n) is 4.74. The molecule has 5 nitrogen and oxygen atoms in total. The van der Waals surface area contributed by atoms with Crippen LogP contribution in [0.15, 0.2) is 17.3 Å². The molecule has 0 radical (unpaired) electrons. The van der Waals surface area contributed by atoms with E-state index in [1.165, 1.54) is 0 Å². The average Bonchev–Trinajstić information content (AvgIpc) is 2.81. The molecule has 2 aromatic heterocycles. The van der Waals surface area contributed by atoms with Crippen LogP contribution < -0.4 is 5.56 Å². The van der Waals surface area contributed by atoms with Gasteiger partial charge in [0.2, 0.25) is 0 Å². The van der Waals surface area contributed by atoms with Gasteiger partial charge in [0.15, 0.2) is 5.82 Å².